The van der Waals surface area contributed by atoms with Crippen molar-refractivity contribution >= 4 is 39.8 Å². The van der Waals surface area contributed by atoms with Crippen LogP contribution in [0, 0.1) is 6.92 Å². The van der Waals surface area contributed by atoms with E-state index in [9.17, 15) is 9.59 Å². The Morgan fingerprint density at radius 2 is 2.24 bits per heavy atom. The standard InChI is InChI=1S/C11H14ClNO3S/c1-4-16-11(15)8-6(2)5-17-10(8)13-9(14)7(3)12/h5,7H,4H2,1-3H3,(H,13,14). The van der Waals surface area contributed by atoms with Gasteiger partial charge < -0.3 is 10.1 Å². The molecule has 0 spiro atoms. The number of alkyl halides is 1. The first-order chi connectivity index (χ1) is 7.97. The van der Waals surface area contributed by atoms with E-state index in [0.717, 1.165) is 5.56 Å². The van der Waals surface area contributed by atoms with E-state index in [1.165, 1.54) is 11.3 Å². The van der Waals surface area contributed by atoms with Gasteiger partial charge in [0.15, 0.2) is 0 Å². The lowest BCUT2D eigenvalue weighted by atomic mass is 10.2. The van der Waals surface area contributed by atoms with Crippen LogP contribution in [-0.4, -0.2) is 23.9 Å². The molecule has 0 aromatic carbocycles. The maximum absolute atomic E-state index is 11.7. The summed E-state index contributed by atoms with van der Waals surface area (Å²) in [5, 5.41) is 4.25. The Kier molecular flexibility index (Phi) is 4.96. The molecule has 4 nitrogen and oxygen atoms in total. The molecule has 1 aromatic rings. The van der Waals surface area contributed by atoms with Gasteiger partial charge >= 0.3 is 5.97 Å². The Morgan fingerprint density at radius 3 is 2.76 bits per heavy atom. The molecule has 1 heterocycles. The van der Waals surface area contributed by atoms with Crippen LogP contribution in [0.4, 0.5) is 5.00 Å². The summed E-state index contributed by atoms with van der Waals surface area (Å²) in [5.74, 6) is -0.761. The van der Waals surface area contributed by atoms with Crippen molar-refractivity contribution in [3.63, 3.8) is 0 Å². The largest absolute Gasteiger partial charge is 0.462 e. The van der Waals surface area contributed by atoms with Gasteiger partial charge in [0, 0.05) is 0 Å². The van der Waals surface area contributed by atoms with Gasteiger partial charge in [0.1, 0.15) is 10.4 Å². The van der Waals surface area contributed by atoms with E-state index in [2.05, 4.69) is 5.32 Å². The molecule has 0 saturated heterocycles. The first-order valence-electron chi connectivity index (χ1n) is 5.17. The fraction of sp³-hybridized carbons (Fsp3) is 0.455. The zero-order chi connectivity index (χ0) is 13.0. The van der Waals surface area contributed by atoms with Crippen molar-refractivity contribution in [2.24, 2.45) is 0 Å². The molecule has 0 aliphatic carbocycles. The lowest BCUT2D eigenvalue weighted by molar-refractivity contribution is -0.115. The van der Waals surface area contributed by atoms with Crippen LogP contribution < -0.4 is 5.32 Å². The van der Waals surface area contributed by atoms with Crippen molar-refractivity contribution in [3.05, 3.63) is 16.5 Å². The zero-order valence-electron chi connectivity index (χ0n) is 9.87. The van der Waals surface area contributed by atoms with E-state index in [-0.39, 0.29) is 5.91 Å². The average molecular weight is 276 g/mol. The minimum Gasteiger partial charge on any atom is -0.462 e. The molecule has 0 bridgehead atoms. The zero-order valence-corrected chi connectivity index (χ0v) is 11.4. The quantitative estimate of drug-likeness (QED) is 0.679. The molecule has 1 unspecified atom stereocenters. The fourth-order valence-electron chi connectivity index (χ4n) is 1.20. The van der Waals surface area contributed by atoms with Gasteiger partial charge in [0.2, 0.25) is 5.91 Å². The lowest BCUT2D eigenvalue weighted by Gasteiger charge is -2.07. The van der Waals surface area contributed by atoms with E-state index in [1.807, 2.05) is 0 Å². The third-order valence-electron chi connectivity index (χ3n) is 2.05. The van der Waals surface area contributed by atoms with Gasteiger partial charge in [-0.05, 0) is 31.7 Å². The van der Waals surface area contributed by atoms with Crippen molar-refractivity contribution in [2.75, 3.05) is 11.9 Å². The Balaban J connectivity index is 2.94. The Labute approximate surface area is 109 Å². The fourth-order valence-corrected chi connectivity index (χ4v) is 2.19. The summed E-state index contributed by atoms with van der Waals surface area (Å²) >= 11 is 6.94. The SMILES string of the molecule is CCOC(=O)c1c(C)csc1NC(=O)C(C)Cl. The summed E-state index contributed by atoms with van der Waals surface area (Å²) < 4.78 is 4.93. The third kappa shape index (κ3) is 3.44. The van der Waals surface area contributed by atoms with Gasteiger partial charge in [-0.3, -0.25) is 4.79 Å². The summed E-state index contributed by atoms with van der Waals surface area (Å²) in [4.78, 5) is 23.2. The minimum atomic E-state index is -0.646. The van der Waals surface area contributed by atoms with Gasteiger partial charge in [0.05, 0.1) is 12.2 Å². The second-order valence-electron chi connectivity index (χ2n) is 3.45. The Hall–Kier alpha value is -1.07. The average Bonchev–Trinajstić information content (AvgIpc) is 2.60. The number of carbonyl (C=O) groups is 2. The summed E-state index contributed by atoms with van der Waals surface area (Å²) in [6.45, 7) is 5.40. The summed E-state index contributed by atoms with van der Waals surface area (Å²) in [6.07, 6.45) is 0. The molecule has 1 N–H and O–H groups in total. The maximum atomic E-state index is 11.7. The second kappa shape index (κ2) is 6.02. The molecule has 1 amide bonds. The molecule has 1 rings (SSSR count). The number of halogens is 1. The van der Waals surface area contributed by atoms with Crippen molar-refractivity contribution < 1.29 is 14.3 Å². The van der Waals surface area contributed by atoms with E-state index in [4.69, 9.17) is 16.3 Å². The first kappa shape index (κ1) is 14.0. The van der Waals surface area contributed by atoms with Gasteiger partial charge in [-0.15, -0.1) is 22.9 Å². The normalized spacial score (nSPS) is 12.0. The smallest absolute Gasteiger partial charge is 0.341 e. The predicted molar refractivity (Wildman–Crippen MR) is 69.0 cm³/mol. The van der Waals surface area contributed by atoms with Crippen molar-refractivity contribution in [3.8, 4) is 0 Å². The Morgan fingerprint density at radius 1 is 1.59 bits per heavy atom. The van der Waals surface area contributed by atoms with E-state index in [1.54, 1.807) is 26.2 Å². The van der Waals surface area contributed by atoms with Gasteiger partial charge in [-0.1, -0.05) is 0 Å². The molecule has 0 aliphatic rings. The number of rotatable bonds is 4. The van der Waals surface area contributed by atoms with E-state index < -0.39 is 11.3 Å². The summed E-state index contributed by atoms with van der Waals surface area (Å²) in [7, 11) is 0. The monoisotopic (exact) mass is 275 g/mol. The highest BCUT2D eigenvalue weighted by molar-refractivity contribution is 7.15. The molecule has 1 atom stereocenters. The summed E-state index contributed by atoms with van der Waals surface area (Å²) in [5.41, 5.74) is 1.19. The van der Waals surface area contributed by atoms with Gasteiger partial charge in [0.25, 0.3) is 0 Å². The predicted octanol–water partition coefficient (Wildman–Crippen LogP) is 2.80. The number of amides is 1. The molecular formula is C11H14ClNO3S. The molecule has 0 saturated carbocycles. The summed E-state index contributed by atoms with van der Waals surface area (Å²) in [6, 6.07) is 0. The van der Waals surface area contributed by atoms with Crippen LogP contribution in [0.5, 0.6) is 0 Å². The molecule has 0 radical (unpaired) electrons. The van der Waals surface area contributed by atoms with Crippen molar-refractivity contribution in [1.29, 1.82) is 0 Å². The van der Waals surface area contributed by atoms with E-state index >= 15 is 0 Å². The number of nitrogens with one attached hydrogen (secondary N) is 1. The van der Waals surface area contributed by atoms with Crippen LogP contribution in [0.15, 0.2) is 5.38 Å². The highest BCUT2D eigenvalue weighted by Crippen LogP contribution is 2.28. The van der Waals surface area contributed by atoms with Crippen molar-refractivity contribution in [2.45, 2.75) is 26.1 Å². The molecule has 1 aromatic heterocycles. The number of anilines is 1. The second-order valence-corrected chi connectivity index (χ2v) is 4.98. The molecule has 6 heteroatoms. The molecule has 17 heavy (non-hydrogen) atoms. The number of aryl methyl sites for hydroxylation is 1. The highest BCUT2D eigenvalue weighted by atomic mass is 35.5. The number of thiophene rings is 1. The third-order valence-corrected chi connectivity index (χ3v) is 3.26. The van der Waals surface area contributed by atoms with Crippen LogP contribution in [0.3, 0.4) is 0 Å². The van der Waals surface area contributed by atoms with Crippen LogP contribution in [0.1, 0.15) is 29.8 Å². The van der Waals surface area contributed by atoms with E-state index in [0.29, 0.717) is 17.2 Å². The number of ether oxygens (including phenoxy) is 1. The van der Waals surface area contributed by atoms with Crippen LogP contribution in [0.25, 0.3) is 0 Å². The minimum absolute atomic E-state index is 0.299. The van der Waals surface area contributed by atoms with Gasteiger partial charge in [-0.25, -0.2) is 4.79 Å². The molecular weight excluding hydrogens is 262 g/mol. The molecule has 94 valence electrons. The Bertz CT molecular complexity index is 428. The van der Waals surface area contributed by atoms with Crippen molar-refractivity contribution in [1.82, 2.24) is 0 Å². The molecule has 0 fully saturated rings. The van der Waals surface area contributed by atoms with Gasteiger partial charge in [-0.2, -0.15) is 0 Å². The first-order valence-corrected chi connectivity index (χ1v) is 6.49. The van der Waals surface area contributed by atoms with Crippen LogP contribution in [0.2, 0.25) is 0 Å². The number of carbonyl (C=O) groups excluding carboxylic acids is 2. The number of hydrogen-bond donors (Lipinski definition) is 1. The molecule has 0 aliphatic heterocycles. The van der Waals surface area contributed by atoms with Crippen LogP contribution >= 0.6 is 22.9 Å². The maximum Gasteiger partial charge on any atom is 0.341 e. The number of hydrogen-bond acceptors (Lipinski definition) is 4. The lowest BCUT2D eigenvalue weighted by Crippen LogP contribution is -2.21. The topological polar surface area (TPSA) is 55.4 Å². The highest BCUT2D eigenvalue weighted by Gasteiger charge is 2.20. The van der Waals surface area contributed by atoms with Crippen LogP contribution in [-0.2, 0) is 9.53 Å². The number of esters is 1.